The number of likely N-dealkylation sites (N-methyl/N-ethyl adjacent to an activating group) is 1. The van der Waals surface area contributed by atoms with Gasteiger partial charge in [0.25, 0.3) is 0 Å². The molecular weight excluding hydrogens is 216 g/mol. The van der Waals surface area contributed by atoms with Gasteiger partial charge in [-0.3, -0.25) is 0 Å². The van der Waals surface area contributed by atoms with Gasteiger partial charge >= 0.3 is 0 Å². The van der Waals surface area contributed by atoms with E-state index in [-0.39, 0.29) is 0 Å². The van der Waals surface area contributed by atoms with Gasteiger partial charge < -0.3 is 5.32 Å². The number of thiazole rings is 1. The Morgan fingerprint density at radius 1 is 1.44 bits per heavy atom. The van der Waals surface area contributed by atoms with E-state index < -0.39 is 0 Å². The summed E-state index contributed by atoms with van der Waals surface area (Å²) in [4.78, 5) is 4.67. The number of fused-ring (bicyclic) bond motifs is 1. The molecule has 0 saturated carbocycles. The third-order valence-corrected chi connectivity index (χ3v) is 3.68. The molecule has 1 aromatic carbocycles. The first-order chi connectivity index (χ1) is 7.69. The van der Waals surface area contributed by atoms with Crippen molar-refractivity contribution < 1.29 is 0 Å². The maximum Gasteiger partial charge on any atom is 0.0954 e. The lowest BCUT2D eigenvalue weighted by Crippen LogP contribution is -2.27. The molecule has 1 aromatic heterocycles. The van der Waals surface area contributed by atoms with Gasteiger partial charge in [-0.25, -0.2) is 4.98 Å². The van der Waals surface area contributed by atoms with Gasteiger partial charge in [0.1, 0.15) is 0 Å². The van der Waals surface area contributed by atoms with Gasteiger partial charge in [-0.15, -0.1) is 11.3 Å². The van der Waals surface area contributed by atoms with Crippen molar-refractivity contribution in [2.45, 2.75) is 33.2 Å². The lowest BCUT2D eigenvalue weighted by Gasteiger charge is -2.08. The second-order valence-corrected chi connectivity index (χ2v) is 5.36. The van der Waals surface area contributed by atoms with Crippen molar-refractivity contribution in [3.8, 4) is 0 Å². The number of hydrogen-bond acceptors (Lipinski definition) is 3. The van der Waals surface area contributed by atoms with E-state index in [4.69, 9.17) is 0 Å². The highest BCUT2D eigenvalue weighted by Crippen LogP contribution is 2.23. The highest BCUT2D eigenvalue weighted by Gasteiger charge is 2.07. The van der Waals surface area contributed by atoms with Crippen LogP contribution in [-0.4, -0.2) is 17.6 Å². The Kier molecular flexibility index (Phi) is 3.56. The van der Waals surface area contributed by atoms with Gasteiger partial charge in [-0.1, -0.05) is 13.0 Å². The van der Waals surface area contributed by atoms with Crippen LogP contribution in [0.25, 0.3) is 10.2 Å². The van der Waals surface area contributed by atoms with Crippen molar-refractivity contribution in [3.63, 3.8) is 0 Å². The molecule has 0 aliphatic heterocycles. The maximum absolute atomic E-state index is 4.67. The predicted molar refractivity (Wildman–Crippen MR) is 71.2 cm³/mol. The minimum atomic E-state index is 0.506. The Bertz CT molecular complexity index is 476. The van der Waals surface area contributed by atoms with Crippen LogP contribution >= 0.6 is 11.3 Å². The summed E-state index contributed by atoms with van der Waals surface area (Å²) in [7, 11) is 0. The van der Waals surface area contributed by atoms with Crippen LogP contribution < -0.4 is 5.32 Å². The zero-order valence-corrected chi connectivity index (χ0v) is 10.9. The molecule has 1 heterocycles. The summed E-state index contributed by atoms with van der Waals surface area (Å²) < 4.78 is 1.30. The number of rotatable bonds is 4. The van der Waals surface area contributed by atoms with Crippen LogP contribution in [0.5, 0.6) is 0 Å². The minimum absolute atomic E-state index is 0.506. The number of aromatic nitrogens is 1. The van der Waals surface area contributed by atoms with E-state index in [1.54, 1.807) is 0 Å². The SMILES string of the molecule is CCNC(C)Cc1nc2cc(C)ccc2s1. The van der Waals surface area contributed by atoms with Gasteiger partial charge in [0.2, 0.25) is 0 Å². The fourth-order valence-corrected chi connectivity index (χ4v) is 2.93. The molecule has 86 valence electrons. The number of nitrogens with one attached hydrogen (secondary N) is 1. The van der Waals surface area contributed by atoms with E-state index in [2.05, 4.69) is 49.3 Å². The van der Waals surface area contributed by atoms with Gasteiger partial charge in [0, 0.05) is 12.5 Å². The second kappa shape index (κ2) is 4.93. The van der Waals surface area contributed by atoms with Gasteiger partial charge in [0.05, 0.1) is 15.2 Å². The summed E-state index contributed by atoms with van der Waals surface area (Å²) in [6, 6.07) is 6.99. The van der Waals surface area contributed by atoms with E-state index in [1.807, 2.05) is 11.3 Å². The molecule has 1 atom stereocenters. The molecule has 2 rings (SSSR count). The summed E-state index contributed by atoms with van der Waals surface area (Å²) in [5.41, 5.74) is 2.42. The molecule has 0 aliphatic rings. The van der Waals surface area contributed by atoms with Gasteiger partial charge in [-0.05, 0) is 38.1 Å². The fraction of sp³-hybridized carbons (Fsp3) is 0.462. The van der Waals surface area contributed by atoms with E-state index >= 15 is 0 Å². The molecule has 2 nitrogen and oxygen atoms in total. The van der Waals surface area contributed by atoms with Crippen LogP contribution in [0, 0.1) is 6.92 Å². The van der Waals surface area contributed by atoms with E-state index in [0.717, 1.165) is 18.5 Å². The van der Waals surface area contributed by atoms with E-state index in [1.165, 1.54) is 15.3 Å². The molecule has 1 unspecified atom stereocenters. The van der Waals surface area contributed by atoms with Crippen LogP contribution in [-0.2, 0) is 6.42 Å². The Morgan fingerprint density at radius 2 is 2.25 bits per heavy atom. The first-order valence-corrected chi connectivity index (χ1v) is 6.60. The molecule has 1 N–H and O–H groups in total. The Morgan fingerprint density at radius 3 is 3.00 bits per heavy atom. The Hall–Kier alpha value is -0.930. The largest absolute Gasteiger partial charge is 0.314 e. The summed E-state index contributed by atoms with van der Waals surface area (Å²) >= 11 is 1.81. The Labute approximate surface area is 101 Å². The summed E-state index contributed by atoms with van der Waals surface area (Å²) in [6.45, 7) is 7.48. The van der Waals surface area contributed by atoms with Crippen molar-refractivity contribution in [3.05, 3.63) is 28.8 Å². The number of aryl methyl sites for hydroxylation is 1. The van der Waals surface area contributed by atoms with Crippen LogP contribution in [0.3, 0.4) is 0 Å². The van der Waals surface area contributed by atoms with Crippen LogP contribution in [0.4, 0.5) is 0 Å². The first kappa shape index (κ1) is 11.6. The van der Waals surface area contributed by atoms with Gasteiger partial charge in [0.15, 0.2) is 0 Å². The van der Waals surface area contributed by atoms with Crippen LogP contribution in [0.2, 0.25) is 0 Å². The highest BCUT2D eigenvalue weighted by molar-refractivity contribution is 7.18. The lowest BCUT2D eigenvalue weighted by molar-refractivity contribution is 0.564. The summed E-state index contributed by atoms with van der Waals surface area (Å²) in [5.74, 6) is 0. The fourth-order valence-electron chi connectivity index (χ4n) is 1.86. The van der Waals surface area contributed by atoms with E-state index in [0.29, 0.717) is 6.04 Å². The highest BCUT2D eigenvalue weighted by atomic mass is 32.1. The molecule has 0 aliphatic carbocycles. The Balaban J connectivity index is 2.19. The molecule has 0 bridgehead atoms. The molecule has 0 saturated heterocycles. The smallest absolute Gasteiger partial charge is 0.0954 e. The lowest BCUT2D eigenvalue weighted by atomic mass is 10.2. The summed E-state index contributed by atoms with van der Waals surface area (Å²) in [5, 5.41) is 4.65. The quantitative estimate of drug-likeness (QED) is 0.879. The third kappa shape index (κ3) is 2.60. The van der Waals surface area contributed by atoms with Crippen molar-refractivity contribution in [2.24, 2.45) is 0 Å². The maximum atomic E-state index is 4.67. The molecule has 0 spiro atoms. The molecule has 3 heteroatoms. The zero-order valence-electron chi connectivity index (χ0n) is 10.1. The predicted octanol–water partition coefficient (Wildman–Crippen LogP) is 3.15. The van der Waals surface area contributed by atoms with Crippen molar-refractivity contribution in [2.75, 3.05) is 6.54 Å². The average Bonchev–Trinajstić information content (AvgIpc) is 2.59. The third-order valence-electron chi connectivity index (χ3n) is 2.62. The van der Waals surface area contributed by atoms with E-state index in [9.17, 15) is 0 Å². The monoisotopic (exact) mass is 234 g/mol. The van der Waals surface area contributed by atoms with Gasteiger partial charge in [-0.2, -0.15) is 0 Å². The normalized spacial score (nSPS) is 13.2. The topological polar surface area (TPSA) is 24.9 Å². The summed E-state index contributed by atoms with van der Waals surface area (Å²) in [6.07, 6.45) is 1.02. The second-order valence-electron chi connectivity index (χ2n) is 4.24. The zero-order chi connectivity index (χ0) is 11.5. The molecule has 0 radical (unpaired) electrons. The minimum Gasteiger partial charge on any atom is -0.314 e. The van der Waals surface area contributed by atoms with Crippen LogP contribution in [0.15, 0.2) is 18.2 Å². The molecule has 0 fully saturated rings. The van der Waals surface area contributed by atoms with Crippen molar-refractivity contribution in [1.29, 1.82) is 0 Å². The van der Waals surface area contributed by atoms with Crippen LogP contribution in [0.1, 0.15) is 24.4 Å². The standard InChI is InChI=1S/C13H18N2S/c1-4-14-10(3)8-13-15-11-7-9(2)5-6-12(11)16-13/h5-7,10,14H,4,8H2,1-3H3. The number of hydrogen-bond donors (Lipinski definition) is 1. The average molecular weight is 234 g/mol. The molecule has 2 aromatic rings. The number of benzene rings is 1. The first-order valence-electron chi connectivity index (χ1n) is 5.78. The molecule has 0 amide bonds. The van der Waals surface area contributed by atoms with Crippen molar-refractivity contribution >= 4 is 21.6 Å². The molecular formula is C13H18N2S. The number of nitrogens with zero attached hydrogens (tertiary/aromatic N) is 1. The molecule has 16 heavy (non-hydrogen) atoms. The van der Waals surface area contributed by atoms with Crippen molar-refractivity contribution in [1.82, 2.24) is 10.3 Å².